The fourth-order valence-electron chi connectivity index (χ4n) is 1.89. The molecule has 4 nitrogen and oxygen atoms in total. The summed E-state index contributed by atoms with van der Waals surface area (Å²) >= 11 is 0. The van der Waals surface area contributed by atoms with Gasteiger partial charge in [0, 0.05) is 13.1 Å². The average molecular weight is 239 g/mol. The van der Waals surface area contributed by atoms with E-state index in [0.717, 1.165) is 6.54 Å². The highest BCUT2D eigenvalue weighted by Gasteiger charge is 2.20. The Bertz CT molecular complexity index is 442. The molecule has 1 aliphatic rings. The molecule has 0 radical (unpaired) electrons. The Kier molecular flexibility index (Phi) is 3.40. The van der Waals surface area contributed by atoms with Crippen molar-refractivity contribution in [1.82, 2.24) is 5.32 Å². The Morgan fingerprint density at radius 1 is 1.59 bits per heavy atom. The Balaban J connectivity index is 2.37. The fraction of sp³-hybridized carbons (Fsp3) is 0.417. The number of ether oxygens (including phenoxy) is 1. The first kappa shape index (κ1) is 12.0. The number of hydrogen-bond acceptors (Lipinski definition) is 3. The van der Waals surface area contributed by atoms with Gasteiger partial charge in [0.1, 0.15) is 5.82 Å². The number of carboxylic acids is 1. The molecule has 1 fully saturated rings. The molecule has 0 aliphatic carbocycles. The van der Waals surface area contributed by atoms with Crippen LogP contribution in [0, 0.1) is 12.7 Å². The quantitative estimate of drug-likeness (QED) is 0.821. The molecular formula is C12H14FNO3. The zero-order chi connectivity index (χ0) is 12.4. The molecule has 0 bridgehead atoms. The van der Waals surface area contributed by atoms with E-state index in [1.807, 2.05) is 0 Å². The highest BCUT2D eigenvalue weighted by molar-refractivity contribution is 5.89. The third-order valence-electron chi connectivity index (χ3n) is 2.90. The first-order valence-corrected chi connectivity index (χ1v) is 5.45. The Labute approximate surface area is 98.4 Å². The molecule has 5 heteroatoms. The molecule has 17 heavy (non-hydrogen) atoms. The second-order valence-corrected chi connectivity index (χ2v) is 4.04. The lowest BCUT2D eigenvalue weighted by Gasteiger charge is -2.24. The van der Waals surface area contributed by atoms with Crippen LogP contribution < -0.4 is 5.32 Å². The number of rotatable bonds is 2. The molecule has 1 aromatic rings. The van der Waals surface area contributed by atoms with Crippen molar-refractivity contribution in [3.05, 3.63) is 34.6 Å². The number of hydrogen-bond donors (Lipinski definition) is 2. The van der Waals surface area contributed by atoms with E-state index in [-0.39, 0.29) is 17.2 Å². The smallest absolute Gasteiger partial charge is 0.336 e. The van der Waals surface area contributed by atoms with E-state index in [0.29, 0.717) is 18.7 Å². The zero-order valence-corrected chi connectivity index (χ0v) is 9.50. The molecule has 0 spiro atoms. The summed E-state index contributed by atoms with van der Waals surface area (Å²) in [5.41, 5.74) is 0.719. The van der Waals surface area contributed by atoms with Gasteiger partial charge < -0.3 is 15.2 Å². The summed E-state index contributed by atoms with van der Waals surface area (Å²) in [6.45, 7) is 3.34. The summed E-state index contributed by atoms with van der Waals surface area (Å²) in [4.78, 5) is 11.0. The molecule has 2 N–H and O–H groups in total. The van der Waals surface area contributed by atoms with Crippen molar-refractivity contribution < 1.29 is 19.0 Å². The Hall–Kier alpha value is -1.46. The van der Waals surface area contributed by atoms with Gasteiger partial charge in [0.25, 0.3) is 0 Å². The summed E-state index contributed by atoms with van der Waals surface area (Å²) < 4.78 is 19.1. The van der Waals surface area contributed by atoms with Crippen molar-refractivity contribution in [3.63, 3.8) is 0 Å². The van der Waals surface area contributed by atoms with Gasteiger partial charge in [-0.25, -0.2) is 9.18 Å². The van der Waals surface area contributed by atoms with Crippen molar-refractivity contribution in [2.75, 3.05) is 19.7 Å². The van der Waals surface area contributed by atoms with E-state index in [1.165, 1.54) is 19.1 Å². The topological polar surface area (TPSA) is 58.6 Å². The molecule has 0 aromatic heterocycles. The van der Waals surface area contributed by atoms with Crippen LogP contribution in [0.3, 0.4) is 0 Å². The maximum Gasteiger partial charge on any atom is 0.336 e. The van der Waals surface area contributed by atoms with Crippen molar-refractivity contribution in [1.29, 1.82) is 0 Å². The maximum atomic E-state index is 13.6. The fourth-order valence-corrected chi connectivity index (χ4v) is 1.89. The lowest BCUT2D eigenvalue weighted by Crippen LogP contribution is -2.33. The Morgan fingerprint density at radius 3 is 2.94 bits per heavy atom. The van der Waals surface area contributed by atoms with Crippen molar-refractivity contribution >= 4 is 5.97 Å². The van der Waals surface area contributed by atoms with E-state index in [9.17, 15) is 9.18 Å². The van der Waals surface area contributed by atoms with Crippen molar-refractivity contribution in [2.45, 2.75) is 13.0 Å². The van der Waals surface area contributed by atoms with Crippen LogP contribution in [-0.2, 0) is 4.74 Å². The lowest BCUT2D eigenvalue weighted by atomic mass is 10.0. The highest BCUT2D eigenvalue weighted by atomic mass is 19.1. The molecule has 0 amide bonds. The number of morpholine rings is 1. The van der Waals surface area contributed by atoms with Gasteiger partial charge in [-0.1, -0.05) is 0 Å². The molecular weight excluding hydrogens is 225 g/mol. The number of carboxylic acid groups (broad SMARTS) is 1. The third-order valence-corrected chi connectivity index (χ3v) is 2.90. The molecule has 92 valence electrons. The van der Waals surface area contributed by atoms with Gasteiger partial charge in [0.15, 0.2) is 0 Å². The molecule has 1 aromatic carbocycles. The number of halogens is 1. The van der Waals surface area contributed by atoms with Crippen LogP contribution in [0.2, 0.25) is 0 Å². The highest BCUT2D eigenvalue weighted by Crippen LogP contribution is 2.24. The molecule has 1 saturated heterocycles. The minimum absolute atomic E-state index is 0.00539. The van der Waals surface area contributed by atoms with Crippen LogP contribution in [0.25, 0.3) is 0 Å². The van der Waals surface area contributed by atoms with Gasteiger partial charge in [0.2, 0.25) is 0 Å². The standard InChI is InChI=1S/C12H14FNO3/c1-7-9(12(15)16)4-8(5-10(7)13)11-6-14-2-3-17-11/h4-5,11,14H,2-3,6H2,1H3,(H,15,16). The predicted octanol–water partition coefficient (Wildman–Crippen LogP) is 1.49. The van der Waals surface area contributed by atoms with Gasteiger partial charge in [-0.05, 0) is 30.2 Å². The third kappa shape index (κ3) is 2.45. The van der Waals surface area contributed by atoms with E-state index in [1.54, 1.807) is 0 Å². The van der Waals surface area contributed by atoms with Gasteiger partial charge in [-0.2, -0.15) is 0 Å². The first-order chi connectivity index (χ1) is 8.09. The second kappa shape index (κ2) is 4.81. The number of aromatic carboxylic acids is 1. The molecule has 1 atom stereocenters. The minimum atomic E-state index is -1.12. The SMILES string of the molecule is Cc1c(F)cc(C2CNCCO2)cc1C(=O)O. The van der Waals surface area contributed by atoms with Crippen LogP contribution in [-0.4, -0.2) is 30.8 Å². The van der Waals surface area contributed by atoms with Gasteiger partial charge >= 0.3 is 5.97 Å². The van der Waals surface area contributed by atoms with Crippen molar-refractivity contribution in [3.8, 4) is 0 Å². The zero-order valence-electron chi connectivity index (χ0n) is 9.50. The summed E-state index contributed by atoms with van der Waals surface area (Å²) in [7, 11) is 0. The van der Waals surface area contributed by atoms with Crippen LogP contribution in [0.4, 0.5) is 4.39 Å². The second-order valence-electron chi connectivity index (χ2n) is 4.04. The van der Waals surface area contributed by atoms with Gasteiger partial charge in [0.05, 0.1) is 18.3 Å². The summed E-state index contributed by atoms with van der Waals surface area (Å²) in [5, 5.41) is 12.1. The van der Waals surface area contributed by atoms with E-state index >= 15 is 0 Å². The maximum absolute atomic E-state index is 13.6. The van der Waals surface area contributed by atoms with E-state index in [4.69, 9.17) is 9.84 Å². The summed E-state index contributed by atoms with van der Waals surface area (Å²) in [5.74, 6) is -1.62. The number of benzene rings is 1. The minimum Gasteiger partial charge on any atom is -0.478 e. The first-order valence-electron chi connectivity index (χ1n) is 5.45. The van der Waals surface area contributed by atoms with E-state index < -0.39 is 11.8 Å². The van der Waals surface area contributed by atoms with Gasteiger partial charge in [-0.15, -0.1) is 0 Å². The Morgan fingerprint density at radius 2 is 2.35 bits per heavy atom. The molecule has 1 unspecified atom stereocenters. The summed E-state index contributed by atoms with van der Waals surface area (Å²) in [6.07, 6.45) is -0.281. The molecule has 0 saturated carbocycles. The van der Waals surface area contributed by atoms with Crippen molar-refractivity contribution in [2.24, 2.45) is 0 Å². The normalized spacial score (nSPS) is 20.2. The average Bonchev–Trinajstić information content (AvgIpc) is 2.33. The molecule has 1 aliphatic heterocycles. The predicted molar refractivity (Wildman–Crippen MR) is 59.7 cm³/mol. The number of carbonyl (C=O) groups is 1. The van der Waals surface area contributed by atoms with Gasteiger partial charge in [-0.3, -0.25) is 0 Å². The van der Waals surface area contributed by atoms with Crippen LogP contribution in [0.5, 0.6) is 0 Å². The number of nitrogens with one attached hydrogen (secondary N) is 1. The van der Waals surface area contributed by atoms with Crippen LogP contribution >= 0.6 is 0 Å². The van der Waals surface area contributed by atoms with Crippen LogP contribution in [0.15, 0.2) is 12.1 Å². The van der Waals surface area contributed by atoms with E-state index in [2.05, 4.69) is 5.32 Å². The molecule has 2 rings (SSSR count). The lowest BCUT2D eigenvalue weighted by molar-refractivity contribution is 0.0274. The largest absolute Gasteiger partial charge is 0.478 e. The molecule has 1 heterocycles. The van der Waals surface area contributed by atoms with Crippen LogP contribution in [0.1, 0.15) is 27.6 Å². The summed E-state index contributed by atoms with van der Waals surface area (Å²) in [6, 6.07) is 2.83. The monoisotopic (exact) mass is 239 g/mol.